The third-order valence-electron chi connectivity index (χ3n) is 3.31. The third kappa shape index (κ3) is 4.02. The van der Waals surface area contributed by atoms with Gasteiger partial charge in [0.2, 0.25) is 0 Å². The van der Waals surface area contributed by atoms with Crippen LogP contribution in [-0.4, -0.2) is 22.2 Å². The molecule has 1 aliphatic rings. The normalized spacial score (nSPS) is 25.8. The predicted molar refractivity (Wildman–Crippen MR) is 68.2 cm³/mol. The molecule has 0 aliphatic heterocycles. The summed E-state index contributed by atoms with van der Waals surface area (Å²) in [6, 6.07) is 0. The van der Waals surface area contributed by atoms with Crippen LogP contribution in [0, 0.1) is 11.8 Å². The average Bonchev–Trinajstić information content (AvgIpc) is 2.28. The largest absolute Gasteiger partial charge is 0.481 e. The van der Waals surface area contributed by atoms with Crippen molar-refractivity contribution in [3.8, 4) is 0 Å². The lowest BCUT2D eigenvalue weighted by molar-refractivity contribution is -0.154. The number of allylic oxidation sites excluding steroid dienone is 4. The molecule has 0 bridgehead atoms. The summed E-state index contributed by atoms with van der Waals surface area (Å²) < 4.78 is 0. The molecule has 0 aromatic heterocycles. The van der Waals surface area contributed by atoms with Crippen molar-refractivity contribution < 1.29 is 19.8 Å². The van der Waals surface area contributed by atoms with E-state index in [1.165, 1.54) is 5.57 Å². The number of carbonyl (C=O) groups is 2. The van der Waals surface area contributed by atoms with Crippen molar-refractivity contribution in [3.63, 3.8) is 0 Å². The Morgan fingerprint density at radius 2 is 1.83 bits per heavy atom. The summed E-state index contributed by atoms with van der Waals surface area (Å²) in [5.41, 5.74) is 2.29. The van der Waals surface area contributed by atoms with Crippen LogP contribution < -0.4 is 0 Å². The molecular formula is C14H20O4. The maximum absolute atomic E-state index is 11.1. The monoisotopic (exact) mass is 252 g/mol. The highest BCUT2D eigenvalue weighted by atomic mass is 16.4. The molecule has 1 aliphatic carbocycles. The zero-order chi connectivity index (χ0) is 13.7. The van der Waals surface area contributed by atoms with E-state index in [1.807, 2.05) is 19.9 Å². The molecule has 0 radical (unpaired) electrons. The van der Waals surface area contributed by atoms with Crippen LogP contribution in [0.25, 0.3) is 0 Å². The number of rotatable bonds is 4. The molecule has 0 amide bonds. The van der Waals surface area contributed by atoms with E-state index < -0.39 is 23.8 Å². The molecule has 4 nitrogen and oxygen atoms in total. The number of aliphatic carboxylic acids is 2. The summed E-state index contributed by atoms with van der Waals surface area (Å²) in [6.07, 6.45) is 6.38. The van der Waals surface area contributed by atoms with Crippen molar-refractivity contribution in [2.24, 2.45) is 11.8 Å². The molecule has 1 fully saturated rings. The zero-order valence-corrected chi connectivity index (χ0v) is 10.8. The summed E-state index contributed by atoms with van der Waals surface area (Å²) in [4.78, 5) is 22.1. The molecule has 0 unspecified atom stereocenters. The predicted octanol–water partition coefficient (Wildman–Crippen LogP) is 2.85. The van der Waals surface area contributed by atoms with Gasteiger partial charge >= 0.3 is 11.9 Å². The fraction of sp³-hybridized carbons (Fsp3) is 0.571. The number of carboxylic acid groups (broad SMARTS) is 2. The van der Waals surface area contributed by atoms with Gasteiger partial charge in [-0.15, -0.1) is 0 Å². The Kier molecular flexibility index (Phi) is 5.13. The smallest absolute Gasteiger partial charge is 0.307 e. The first-order valence-corrected chi connectivity index (χ1v) is 6.18. The van der Waals surface area contributed by atoms with E-state index in [0.29, 0.717) is 19.3 Å². The fourth-order valence-corrected chi connectivity index (χ4v) is 2.27. The highest BCUT2D eigenvalue weighted by molar-refractivity contribution is 5.80. The Morgan fingerprint density at radius 3 is 2.33 bits per heavy atom. The molecular weight excluding hydrogens is 232 g/mol. The van der Waals surface area contributed by atoms with E-state index in [9.17, 15) is 9.59 Å². The Balaban J connectivity index is 2.71. The average molecular weight is 252 g/mol. The van der Waals surface area contributed by atoms with Gasteiger partial charge in [0.15, 0.2) is 0 Å². The van der Waals surface area contributed by atoms with Crippen LogP contribution in [0.3, 0.4) is 0 Å². The maximum atomic E-state index is 11.1. The first kappa shape index (κ1) is 14.5. The highest BCUT2D eigenvalue weighted by Crippen LogP contribution is 2.34. The SMILES string of the molecule is CC(C)=CC/C=C1\CC[C@H](C(=O)O)[C@H](C(=O)O)C1. The van der Waals surface area contributed by atoms with Crippen LogP contribution in [0.15, 0.2) is 23.3 Å². The van der Waals surface area contributed by atoms with Crippen LogP contribution >= 0.6 is 0 Å². The van der Waals surface area contributed by atoms with Crippen molar-refractivity contribution in [1.82, 2.24) is 0 Å². The van der Waals surface area contributed by atoms with Gasteiger partial charge in [-0.05, 0) is 39.5 Å². The molecule has 0 aromatic rings. The molecule has 4 heteroatoms. The second kappa shape index (κ2) is 6.38. The van der Waals surface area contributed by atoms with Gasteiger partial charge in [0.25, 0.3) is 0 Å². The molecule has 1 saturated carbocycles. The first-order chi connectivity index (χ1) is 8.41. The highest BCUT2D eigenvalue weighted by Gasteiger charge is 2.37. The molecule has 18 heavy (non-hydrogen) atoms. The van der Waals surface area contributed by atoms with Gasteiger partial charge < -0.3 is 10.2 Å². The van der Waals surface area contributed by atoms with Gasteiger partial charge in [-0.3, -0.25) is 9.59 Å². The second-order valence-corrected chi connectivity index (χ2v) is 5.01. The molecule has 2 atom stereocenters. The van der Waals surface area contributed by atoms with E-state index in [-0.39, 0.29) is 0 Å². The number of hydrogen-bond donors (Lipinski definition) is 2. The minimum atomic E-state index is -1.00. The number of hydrogen-bond acceptors (Lipinski definition) is 2. The second-order valence-electron chi connectivity index (χ2n) is 5.01. The van der Waals surface area contributed by atoms with Gasteiger partial charge in [-0.2, -0.15) is 0 Å². The minimum absolute atomic E-state index is 0.364. The van der Waals surface area contributed by atoms with Crippen molar-refractivity contribution in [3.05, 3.63) is 23.3 Å². The maximum Gasteiger partial charge on any atom is 0.307 e. The van der Waals surface area contributed by atoms with Gasteiger partial charge in [-0.25, -0.2) is 0 Å². The lowest BCUT2D eigenvalue weighted by Gasteiger charge is -2.27. The summed E-state index contributed by atoms with van der Waals surface area (Å²) in [5, 5.41) is 18.1. The van der Waals surface area contributed by atoms with Gasteiger partial charge in [0.1, 0.15) is 0 Å². The van der Waals surface area contributed by atoms with E-state index in [1.54, 1.807) is 0 Å². The lowest BCUT2D eigenvalue weighted by Crippen LogP contribution is -2.33. The van der Waals surface area contributed by atoms with Crippen LogP contribution in [0.2, 0.25) is 0 Å². The van der Waals surface area contributed by atoms with Crippen molar-refractivity contribution in [2.75, 3.05) is 0 Å². The van der Waals surface area contributed by atoms with Crippen molar-refractivity contribution >= 4 is 11.9 Å². The Hall–Kier alpha value is -1.58. The molecule has 1 rings (SSSR count). The van der Waals surface area contributed by atoms with E-state index in [4.69, 9.17) is 10.2 Å². The molecule has 0 heterocycles. The Morgan fingerprint density at radius 1 is 1.22 bits per heavy atom. The van der Waals surface area contributed by atoms with E-state index in [0.717, 1.165) is 12.0 Å². The summed E-state index contributed by atoms with van der Waals surface area (Å²) in [5.74, 6) is -3.53. The lowest BCUT2D eigenvalue weighted by atomic mass is 9.76. The van der Waals surface area contributed by atoms with E-state index >= 15 is 0 Å². The fourth-order valence-electron chi connectivity index (χ4n) is 2.27. The van der Waals surface area contributed by atoms with Gasteiger partial charge in [-0.1, -0.05) is 23.3 Å². The molecule has 0 saturated heterocycles. The minimum Gasteiger partial charge on any atom is -0.481 e. The van der Waals surface area contributed by atoms with Crippen LogP contribution in [-0.2, 0) is 9.59 Å². The Bertz CT molecular complexity index is 389. The molecule has 2 N–H and O–H groups in total. The van der Waals surface area contributed by atoms with E-state index in [2.05, 4.69) is 6.08 Å². The quantitative estimate of drug-likeness (QED) is 0.754. The van der Waals surface area contributed by atoms with Crippen LogP contribution in [0.1, 0.15) is 39.5 Å². The topological polar surface area (TPSA) is 74.6 Å². The zero-order valence-electron chi connectivity index (χ0n) is 10.8. The van der Waals surface area contributed by atoms with Crippen LogP contribution in [0.4, 0.5) is 0 Å². The molecule has 100 valence electrons. The summed E-state index contributed by atoms with van der Waals surface area (Å²) in [7, 11) is 0. The molecule has 0 spiro atoms. The van der Waals surface area contributed by atoms with Gasteiger partial charge in [0, 0.05) is 0 Å². The summed E-state index contributed by atoms with van der Waals surface area (Å²) >= 11 is 0. The van der Waals surface area contributed by atoms with Gasteiger partial charge in [0.05, 0.1) is 11.8 Å². The van der Waals surface area contributed by atoms with Crippen molar-refractivity contribution in [1.29, 1.82) is 0 Å². The standard InChI is InChI=1S/C14H20O4/c1-9(2)4-3-5-10-6-7-11(13(15)16)12(8-10)14(17)18/h4-5,11-12H,3,6-8H2,1-2H3,(H,15,16)(H,17,18)/b10-5+/t11-,12+/m0/s1. The van der Waals surface area contributed by atoms with Crippen molar-refractivity contribution in [2.45, 2.75) is 39.5 Å². The number of carboxylic acids is 2. The van der Waals surface area contributed by atoms with Crippen LogP contribution in [0.5, 0.6) is 0 Å². The third-order valence-corrected chi connectivity index (χ3v) is 3.31. The molecule has 0 aromatic carbocycles. The summed E-state index contributed by atoms with van der Waals surface area (Å²) in [6.45, 7) is 4.03. The Labute approximate surface area is 107 Å². The first-order valence-electron chi connectivity index (χ1n) is 6.18.